The molecule has 0 aliphatic heterocycles. The summed E-state index contributed by atoms with van der Waals surface area (Å²) >= 11 is 0. The summed E-state index contributed by atoms with van der Waals surface area (Å²) in [4.78, 5) is -2.24. The van der Waals surface area contributed by atoms with Gasteiger partial charge in [0.25, 0.3) is 0 Å². The fraction of sp³-hybridized carbons (Fsp3) is 0.333. The normalized spacial score (nSPS) is 15.1. The molecule has 0 aliphatic carbocycles. The molecule has 1 aromatic carbocycles. The summed E-state index contributed by atoms with van der Waals surface area (Å²) in [5.74, 6) is 0. The minimum absolute atomic E-state index is 0. The topological polar surface area (TPSA) is 77.4 Å². The quantitative estimate of drug-likeness (QED) is 0.466. The maximum atomic E-state index is 10.7. The van der Waals surface area contributed by atoms with Gasteiger partial charge in [-0.25, -0.2) is 8.42 Å². The van der Waals surface area contributed by atoms with Gasteiger partial charge in [0.15, 0.2) is 4.93 Å². The van der Waals surface area contributed by atoms with E-state index in [9.17, 15) is 18.1 Å². The summed E-state index contributed by atoms with van der Waals surface area (Å²) in [5.41, 5.74) is 0.608. The van der Waals surface area contributed by atoms with Crippen LogP contribution in [0.4, 0.5) is 0 Å². The zero-order chi connectivity index (χ0) is 10.8. The van der Waals surface area contributed by atoms with Crippen molar-refractivity contribution < 1.29 is 47.6 Å². The number of hydrogen-bond acceptors (Lipinski definition) is 4. The smallest absolute Gasteiger partial charge is 0.746 e. The second kappa shape index (κ2) is 5.43. The molecule has 1 unspecified atom stereocenters. The Morgan fingerprint density at radius 3 is 2.20 bits per heavy atom. The summed E-state index contributed by atoms with van der Waals surface area (Å²) in [7, 11) is -4.70. The van der Waals surface area contributed by atoms with E-state index < -0.39 is 15.1 Å². The molecule has 0 spiro atoms. The Kier molecular flexibility index (Phi) is 5.46. The Morgan fingerprint density at radius 1 is 1.33 bits per heavy atom. The Balaban J connectivity index is 0.00000196. The third-order valence-corrected chi connectivity index (χ3v) is 3.14. The van der Waals surface area contributed by atoms with E-state index in [1.807, 2.05) is 0 Å². The number of hydrogen-bond donors (Lipinski definition) is 1. The first-order valence-electron chi connectivity index (χ1n) is 4.05. The largest absolute Gasteiger partial charge is 1.00 e. The molecule has 0 fully saturated rings. The van der Waals surface area contributed by atoms with Crippen molar-refractivity contribution in [3.05, 3.63) is 35.9 Å². The molecule has 1 aromatic rings. The van der Waals surface area contributed by atoms with Gasteiger partial charge >= 0.3 is 29.6 Å². The number of aliphatic hydroxyl groups is 1. The number of rotatable bonds is 3. The van der Waals surface area contributed by atoms with E-state index in [4.69, 9.17) is 0 Å². The van der Waals surface area contributed by atoms with Crippen LogP contribution in [0.15, 0.2) is 30.3 Å². The summed E-state index contributed by atoms with van der Waals surface area (Å²) in [5, 5.41) is 9.40. The Bertz CT molecular complexity index is 399. The molecule has 78 valence electrons. The van der Waals surface area contributed by atoms with Crippen LogP contribution in [0.25, 0.3) is 0 Å². The first-order chi connectivity index (χ1) is 6.33. The molecular formula is C9H11NaO4S. The molecule has 4 nitrogen and oxygen atoms in total. The Labute approximate surface area is 111 Å². The van der Waals surface area contributed by atoms with Crippen molar-refractivity contribution in [1.29, 1.82) is 0 Å². The van der Waals surface area contributed by atoms with E-state index in [2.05, 4.69) is 0 Å². The van der Waals surface area contributed by atoms with Crippen LogP contribution in [0.2, 0.25) is 0 Å². The monoisotopic (exact) mass is 238 g/mol. The Hall–Kier alpha value is 0.0900. The SMILES string of the molecule is CC(O)(Cc1ccccc1)S(=O)(=O)[O-].[Na+]. The van der Waals surface area contributed by atoms with Crippen LogP contribution in [0, 0.1) is 0 Å². The van der Waals surface area contributed by atoms with Gasteiger partial charge in [0.05, 0.1) is 0 Å². The van der Waals surface area contributed by atoms with Crippen molar-refractivity contribution in [3.8, 4) is 0 Å². The maximum absolute atomic E-state index is 10.7. The average molecular weight is 238 g/mol. The van der Waals surface area contributed by atoms with Gasteiger partial charge in [-0.05, 0) is 12.5 Å². The van der Waals surface area contributed by atoms with Gasteiger partial charge in [-0.1, -0.05) is 30.3 Å². The molecule has 1 N–H and O–H groups in total. The second-order valence-corrected chi connectivity index (χ2v) is 5.08. The minimum atomic E-state index is -4.70. The molecule has 1 rings (SSSR count). The van der Waals surface area contributed by atoms with Crippen LogP contribution in [-0.4, -0.2) is 23.0 Å². The summed E-state index contributed by atoms with van der Waals surface area (Å²) < 4.78 is 32.0. The molecule has 0 bridgehead atoms. The molecule has 0 heterocycles. The van der Waals surface area contributed by atoms with Crippen molar-refractivity contribution in [1.82, 2.24) is 0 Å². The van der Waals surface area contributed by atoms with Crippen LogP contribution in [0.5, 0.6) is 0 Å². The third kappa shape index (κ3) is 4.22. The molecule has 15 heavy (non-hydrogen) atoms. The van der Waals surface area contributed by atoms with E-state index in [0.29, 0.717) is 5.56 Å². The summed E-state index contributed by atoms with van der Waals surface area (Å²) in [6, 6.07) is 8.49. The van der Waals surface area contributed by atoms with Gasteiger partial charge in [0.1, 0.15) is 10.1 Å². The van der Waals surface area contributed by atoms with Gasteiger partial charge in [-0.15, -0.1) is 0 Å². The first kappa shape index (κ1) is 15.1. The summed E-state index contributed by atoms with van der Waals surface area (Å²) in [6.45, 7) is 1.00. The molecule has 0 saturated carbocycles. The van der Waals surface area contributed by atoms with Crippen molar-refractivity contribution in [2.45, 2.75) is 18.3 Å². The zero-order valence-corrected chi connectivity index (χ0v) is 11.5. The van der Waals surface area contributed by atoms with Crippen LogP contribution >= 0.6 is 0 Å². The van der Waals surface area contributed by atoms with Gasteiger partial charge < -0.3 is 9.66 Å². The molecule has 0 aromatic heterocycles. The van der Waals surface area contributed by atoms with Crippen molar-refractivity contribution in [3.63, 3.8) is 0 Å². The second-order valence-electron chi connectivity index (χ2n) is 3.29. The maximum Gasteiger partial charge on any atom is 1.00 e. The van der Waals surface area contributed by atoms with Crippen LogP contribution in [0.1, 0.15) is 12.5 Å². The molecular weight excluding hydrogens is 227 g/mol. The predicted molar refractivity (Wildman–Crippen MR) is 50.5 cm³/mol. The molecule has 0 radical (unpaired) electrons. The first-order valence-corrected chi connectivity index (χ1v) is 5.45. The van der Waals surface area contributed by atoms with Crippen molar-refractivity contribution in [2.75, 3.05) is 0 Å². The van der Waals surface area contributed by atoms with Crippen molar-refractivity contribution in [2.24, 2.45) is 0 Å². The predicted octanol–water partition coefficient (Wildman–Crippen LogP) is -2.51. The van der Waals surface area contributed by atoms with Gasteiger partial charge in [0, 0.05) is 6.42 Å². The third-order valence-electron chi connectivity index (χ3n) is 1.91. The molecule has 6 heteroatoms. The minimum Gasteiger partial charge on any atom is -0.746 e. The van der Waals surface area contributed by atoms with Crippen LogP contribution in [-0.2, 0) is 16.5 Å². The molecule has 0 saturated heterocycles. The number of benzene rings is 1. The fourth-order valence-electron chi connectivity index (χ4n) is 1.06. The van der Waals surface area contributed by atoms with Gasteiger partial charge in [-0.3, -0.25) is 0 Å². The summed E-state index contributed by atoms with van der Waals surface area (Å²) in [6.07, 6.45) is -0.195. The van der Waals surface area contributed by atoms with Gasteiger partial charge in [0.2, 0.25) is 0 Å². The van der Waals surface area contributed by atoms with E-state index in [1.54, 1.807) is 30.3 Å². The van der Waals surface area contributed by atoms with E-state index >= 15 is 0 Å². The standard InChI is InChI=1S/C9H12O4S.Na/c1-9(10,14(11,12)13)7-8-5-3-2-4-6-8;/h2-6,10H,7H2,1H3,(H,11,12,13);/q;+1/p-1. The van der Waals surface area contributed by atoms with E-state index in [0.717, 1.165) is 6.92 Å². The van der Waals surface area contributed by atoms with E-state index in [-0.39, 0.29) is 36.0 Å². The zero-order valence-electron chi connectivity index (χ0n) is 8.67. The van der Waals surface area contributed by atoms with E-state index in [1.165, 1.54) is 0 Å². The van der Waals surface area contributed by atoms with Crippen molar-refractivity contribution >= 4 is 10.1 Å². The average Bonchev–Trinajstić information content (AvgIpc) is 2.03. The van der Waals surface area contributed by atoms with Gasteiger partial charge in [-0.2, -0.15) is 0 Å². The Morgan fingerprint density at radius 2 is 1.80 bits per heavy atom. The van der Waals surface area contributed by atoms with Crippen LogP contribution in [0.3, 0.4) is 0 Å². The molecule has 0 amide bonds. The molecule has 1 atom stereocenters. The molecule has 0 aliphatic rings. The van der Waals surface area contributed by atoms with Crippen LogP contribution < -0.4 is 29.6 Å². The fourth-order valence-corrected chi connectivity index (χ4v) is 1.41.